The second-order valence-electron chi connectivity index (χ2n) is 3.00. The Labute approximate surface area is 75.8 Å². The second-order valence-corrected chi connectivity index (χ2v) is 4.52. The van der Waals surface area contributed by atoms with Gasteiger partial charge < -0.3 is 9.47 Å². The van der Waals surface area contributed by atoms with E-state index < -0.39 is 6.29 Å². The van der Waals surface area contributed by atoms with Crippen LogP contribution in [0.5, 0.6) is 0 Å². The summed E-state index contributed by atoms with van der Waals surface area (Å²) in [5.74, 6) is 1.14. The van der Waals surface area contributed by atoms with Crippen molar-refractivity contribution in [3.05, 3.63) is 0 Å². The first-order chi connectivity index (χ1) is 5.81. The van der Waals surface area contributed by atoms with Gasteiger partial charge in [-0.25, -0.2) is 0 Å². The molecule has 12 heavy (non-hydrogen) atoms. The smallest absolute Gasteiger partial charge is 0.218 e. The topological polar surface area (TPSA) is 35.5 Å². The predicted octanol–water partition coefficient (Wildman–Crippen LogP) is 0.822. The minimum absolute atomic E-state index is 0.106. The number of carbonyl (C=O) groups is 1. The first-order valence-corrected chi connectivity index (χ1v) is 5.27. The van der Waals surface area contributed by atoms with Crippen molar-refractivity contribution in [2.45, 2.75) is 31.0 Å². The van der Waals surface area contributed by atoms with Gasteiger partial charge in [-0.2, -0.15) is 11.8 Å². The molecule has 0 aliphatic carbocycles. The quantitative estimate of drug-likeness (QED) is 0.643. The van der Waals surface area contributed by atoms with Crippen molar-refractivity contribution in [1.29, 1.82) is 0 Å². The van der Waals surface area contributed by atoms with E-state index in [1.807, 2.05) is 0 Å². The van der Waals surface area contributed by atoms with Crippen LogP contribution >= 0.6 is 11.8 Å². The Kier molecular flexibility index (Phi) is 2.39. The predicted molar refractivity (Wildman–Crippen MR) is 46.2 cm³/mol. The average molecular weight is 188 g/mol. The third-order valence-electron chi connectivity index (χ3n) is 2.17. The first kappa shape index (κ1) is 8.53. The van der Waals surface area contributed by atoms with Gasteiger partial charge in [-0.3, -0.25) is 4.79 Å². The van der Waals surface area contributed by atoms with Crippen LogP contribution in [0.4, 0.5) is 0 Å². The maximum absolute atomic E-state index is 11.3. The lowest BCUT2D eigenvalue weighted by atomic mass is 10.1. The van der Waals surface area contributed by atoms with Crippen LogP contribution in [-0.4, -0.2) is 35.8 Å². The molecule has 2 aliphatic rings. The van der Waals surface area contributed by atoms with E-state index in [1.54, 1.807) is 11.8 Å². The van der Waals surface area contributed by atoms with E-state index in [1.165, 1.54) is 0 Å². The van der Waals surface area contributed by atoms with Crippen molar-refractivity contribution in [2.75, 3.05) is 12.4 Å². The molecule has 0 amide bonds. The molecule has 0 aromatic carbocycles. The highest BCUT2D eigenvalue weighted by Gasteiger charge is 2.42. The number of carbonyl (C=O) groups excluding carboxylic acids is 1. The van der Waals surface area contributed by atoms with Gasteiger partial charge >= 0.3 is 0 Å². The number of hydrogen-bond acceptors (Lipinski definition) is 4. The Hall–Kier alpha value is -0.0600. The van der Waals surface area contributed by atoms with Crippen LogP contribution in [0.3, 0.4) is 0 Å². The maximum atomic E-state index is 11.3. The molecule has 4 heteroatoms. The summed E-state index contributed by atoms with van der Waals surface area (Å²) in [4.78, 5) is 11.3. The van der Waals surface area contributed by atoms with E-state index in [0.717, 1.165) is 5.75 Å². The second kappa shape index (κ2) is 3.36. The Morgan fingerprint density at radius 3 is 3.25 bits per heavy atom. The highest BCUT2D eigenvalue weighted by molar-refractivity contribution is 7.99. The van der Waals surface area contributed by atoms with Gasteiger partial charge in [-0.05, 0) is 5.75 Å². The highest BCUT2D eigenvalue weighted by atomic mass is 32.2. The van der Waals surface area contributed by atoms with Crippen LogP contribution in [0.15, 0.2) is 0 Å². The fourth-order valence-electron chi connectivity index (χ4n) is 1.59. The zero-order valence-electron chi connectivity index (χ0n) is 6.99. The Morgan fingerprint density at radius 2 is 2.50 bits per heavy atom. The molecule has 68 valence electrons. The van der Waals surface area contributed by atoms with Crippen LogP contribution in [0.2, 0.25) is 0 Å². The third-order valence-corrected chi connectivity index (χ3v) is 3.40. The molecule has 2 heterocycles. The van der Waals surface area contributed by atoms with Gasteiger partial charge in [0.15, 0.2) is 5.78 Å². The Balaban J connectivity index is 2.02. The number of fused-ring (bicyclic) bond motifs is 2. The van der Waals surface area contributed by atoms with Crippen molar-refractivity contribution in [3.63, 3.8) is 0 Å². The van der Waals surface area contributed by atoms with Crippen molar-refractivity contribution in [3.8, 4) is 0 Å². The van der Waals surface area contributed by atoms with E-state index in [-0.39, 0.29) is 11.9 Å². The number of ether oxygens (including phenoxy) is 2. The minimum atomic E-state index is -0.538. The zero-order valence-corrected chi connectivity index (χ0v) is 7.80. The van der Waals surface area contributed by atoms with Crippen LogP contribution in [0, 0.1) is 0 Å². The van der Waals surface area contributed by atoms with Gasteiger partial charge in [0.1, 0.15) is 0 Å². The van der Waals surface area contributed by atoms with Crippen LogP contribution in [-0.2, 0) is 14.3 Å². The number of rotatable bonds is 2. The molecular weight excluding hydrogens is 176 g/mol. The molecule has 2 saturated heterocycles. The molecule has 3 unspecified atom stereocenters. The molecule has 0 spiro atoms. The van der Waals surface area contributed by atoms with Gasteiger partial charge in [0.25, 0.3) is 0 Å². The van der Waals surface area contributed by atoms with Gasteiger partial charge in [0.2, 0.25) is 6.29 Å². The van der Waals surface area contributed by atoms with Crippen molar-refractivity contribution in [1.82, 2.24) is 0 Å². The molecule has 3 atom stereocenters. The molecule has 2 aliphatic heterocycles. The van der Waals surface area contributed by atoms with E-state index in [9.17, 15) is 4.79 Å². The van der Waals surface area contributed by atoms with Crippen molar-refractivity contribution >= 4 is 17.5 Å². The van der Waals surface area contributed by atoms with Gasteiger partial charge in [-0.15, -0.1) is 0 Å². The lowest BCUT2D eigenvalue weighted by molar-refractivity contribution is -0.151. The maximum Gasteiger partial charge on any atom is 0.218 e. The molecule has 0 aromatic rings. The fourth-order valence-corrected chi connectivity index (χ4v) is 2.66. The van der Waals surface area contributed by atoms with E-state index >= 15 is 0 Å². The summed E-state index contributed by atoms with van der Waals surface area (Å²) in [6.07, 6.45) is 0.231. The molecule has 2 rings (SSSR count). The van der Waals surface area contributed by atoms with Gasteiger partial charge in [0, 0.05) is 11.7 Å². The number of thioether (sulfide) groups is 1. The molecule has 2 bridgehead atoms. The van der Waals surface area contributed by atoms with E-state index in [4.69, 9.17) is 9.47 Å². The summed E-state index contributed by atoms with van der Waals surface area (Å²) >= 11 is 1.79. The molecule has 0 aromatic heterocycles. The summed E-state index contributed by atoms with van der Waals surface area (Å²) in [6, 6.07) is 0. The average Bonchev–Trinajstić information content (AvgIpc) is 2.46. The largest absolute Gasteiger partial charge is 0.343 e. The fraction of sp³-hybridized carbons (Fsp3) is 0.875. The monoisotopic (exact) mass is 188 g/mol. The minimum Gasteiger partial charge on any atom is -0.343 e. The van der Waals surface area contributed by atoms with Crippen LogP contribution < -0.4 is 0 Å². The molecule has 0 N–H and O–H groups in total. The lowest BCUT2D eigenvalue weighted by Gasteiger charge is -2.25. The third kappa shape index (κ3) is 1.39. The summed E-state index contributed by atoms with van der Waals surface area (Å²) in [5.41, 5.74) is 0. The lowest BCUT2D eigenvalue weighted by Crippen LogP contribution is -2.37. The van der Waals surface area contributed by atoms with Crippen LogP contribution in [0.25, 0.3) is 0 Å². The van der Waals surface area contributed by atoms with Crippen molar-refractivity contribution in [2.24, 2.45) is 0 Å². The van der Waals surface area contributed by atoms with Crippen molar-refractivity contribution < 1.29 is 14.3 Å². The molecule has 0 radical (unpaired) electrons. The summed E-state index contributed by atoms with van der Waals surface area (Å²) in [5, 5.41) is 0.321. The Bertz CT molecular complexity index is 195. The van der Waals surface area contributed by atoms with E-state index in [0.29, 0.717) is 18.3 Å². The summed E-state index contributed by atoms with van der Waals surface area (Å²) in [6.45, 7) is 2.69. The summed E-state index contributed by atoms with van der Waals surface area (Å²) in [7, 11) is 0. The summed E-state index contributed by atoms with van der Waals surface area (Å²) < 4.78 is 10.6. The zero-order chi connectivity index (χ0) is 8.55. The van der Waals surface area contributed by atoms with Gasteiger partial charge in [-0.1, -0.05) is 6.92 Å². The Morgan fingerprint density at radius 1 is 1.67 bits per heavy atom. The number of Topliss-reactive ketones (excluding diaryl/α,β-unsaturated/α-hetero) is 1. The highest BCUT2D eigenvalue weighted by Crippen LogP contribution is 2.32. The molecular formula is C8H12O3S. The molecule has 3 nitrogen and oxygen atoms in total. The number of ketones is 1. The molecule has 2 fully saturated rings. The SMILES string of the molecule is CCSC1CC(=O)C2OCC1O2. The van der Waals surface area contributed by atoms with Crippen LogP contribution in [0.1, 0.15) is 13.3 Å². The van der Waals surface area contributed by atoms with E-state index in [2.05, 4.69) is 6.92 Å². The number of hydrogen-bond donors (Lipinski definition) is 0. The standard InChI is InChI=1S/C8H12O3S/c1-2-12-7-3-5(9)8-10-4-6(7)11-8/h6-8H,2-4H2,1H3. The van der Waals surface area contributed by atoms with Gasteiger partial charge in [0.05, 0.1) is 12.7 Å². The normalized spacial score (nSPS) is 40.4. The first-order valence-electron chi connectivity index (χ1n) is 4.22. The molecule has 0 saturated carbocycles.